The Morgan fingerprint density at radius 3 is 2.73 bits per heavy atom. The zero-order valence-corrected chi connectivity index (χ0v) is 9.12. The molecule has 0 radical (unpaired) electrons. The molecule has 2 N–H and O–H groups in total. The van der Waals surface area contributed by atoms with Crippen molar-refractivity contribution >= 4 is 17.3 Å². The van der Waals surface area contributed by atoms with E-state index in [1.165, 1.54) is 0 Å². The smallest absolute Gasteiger partial charge is 0.0441 e. The number of anilines is 1. The number of aryl methyl sites for hydroxylation is 1. The minimum Gasteiger partial charge on any atom is -0.398 e. The lowest BCUT2D eigenvalue weighted by Gasteiger charge is -2.06. The molecule has 1 heterocycles. The van der Waals surface area contributed by atoms with Gasteiger partial charge in [-0.1, -0.05) is 23.7 Å². The zero-order chi connectivity index (χ0) is 10.8. The molecule has 0 aliphatic carbocycles. The Morgan fingerprint density at radius 1 is 1.27 bits per heavy atom. The molecule has 0 aliphatic heterocycles. The molecule has 0 fully saturated rings. The number of halogens is 1. The van der Waals surface area contributed by atoms with Gasteiger partial charge in [-0.15, -0.1) is 0 Å². The molecular weight excluding hydrogens is 208 g/mol. The summed E-state index contributed by atoms with van der Waals surface area (Å²) in [7, 11) is 0. The Balaban J connectivity index is 2.55. The van der Waals surface area contributed by atoms with Crippen molar-refractivity contribution in [2.24, 2.45) is 0 Å². The number of nitrogens with zero attached hydrogens (tertiary/aromatic N) is 1. The Morgan fingerprint density at radius 2 is 2.07 bits per heavy atom. The van der Waals surface area contributed by atoms with Gasteiger partial charge in [0.25, 0.3) is 0 Å². The third-order valence-corrected chi connectivity index (χ3v) is 2.74. The zero-order valence-electron chi connectivity index (χ0n) is 8.37. The molecule has 0 atom stereocenters. The molecule has 2 rings (SSSR count). The van der Waals surface area contributed by atoms with Crippen LogP contribution in [-0.4, -0.2) is 4.98 Å². The average molecular weight is 219 g/mol. The van der Waals surface area contributed by atoms with Crippen LogP contribution in [0.4, 0.5) is 5.69 Å². The average Bonchev–Trinajstić information content (AvgIpc) is 2.23. The van der Waals surface area contributed by atoms with Gasteiger partial charge in [-0.05, 0) is 30.2 Å². The molecule has 1 aromatic heterocycles. The molecule has 76 valence electrons. The van der Waals surface area contributed by atoms with Gasteiger partial charge in [0.1, 0.15) is 0 Å². The molecule has 0 unspecified atom stereocenters. The van der Waals surface area contributed by atoms with Crippen molar-refractivity contribution < 1.29 is 0 Å². The summed E-state index contributed by atoms with van der Waals surface area (Å²) in [5.74, 6) is 0. The summed E-state index contributed by atoms with van der Waals surface area (Å²) in [5, 5.41) is 0.746. The van der Waals surface area contributed by atoms with E-state index in [1.807, 2.05) is 25.1 Å². The van der Waals surface area contributed by atoms with Crippen LogP contribution >= 0.6 is 11.6 Å². The largest absolute Gasteiger partial charge is 0.398 e. The first-order chi connectivity index (χ1) is 7.18. The molecule has 0 aliphatic rings. The fourth-order valence-electron chi connectivity index (χ4n) is 1.41. The summed E-state index contributed by atoms with van der Waals surface area (Å²) in [6, 6.07) is 7.66. The van der Waals surface area contributed by atoms with Crippen molar-refractivity contribution in [3.8, 4) is 11.1 Å². The van der Waals surface area contributed by atoms with Gasteiger partial charge in [-0.2, -0.15) is 0 Å². The van der Waals surface area contributed by atoms with E-state index in [-0.39, 0.29) is 0 Å². The standard InChI is InChI=1S/C12H11ClN2/c1-8-2-3-9(6-11(8)13)10-7-15-5-4-12(10)14/h2-7H,1H3,(H2,14,15). The van der Waals surface area contributed by atoms with Crippen LogP contribution in [0.2, 0.25) is 5.02 Å². The second kappa shape index (κ2) is 3.91. The van der Waals surface area contributed by atoms with Gasteiger partial charge in [0.15, 0.2) is 0 Å². The highest BCUT2D eigenvalue weighted by atomic mass is 35.5. The molecule has 2 nitrogen and oxygen atoms in total. The Bertz CT molecular complexity index is 495. The van der Waals surface area contributed by atoms with Crippen LogP contribution in [0.25, 0.3) is 11.1 Å². The number of hydrogen-bond donors (Lipinski definition) is 1. The van der Waals surface area contributed by atoms with E-state index < -0.39 is 0 Å². The molecule has 0 saturated carbocycles. The van der Waals surface area contributed by atoms with E-state index in [9.17, 15) is 0 Å². The number of nitrogens with two attached hydrogens (primary N) is 1. The fraction of sp³-hybridized carbons (Fsp3) is 0.0833. The van der Waals surface area contributed by atoms with Gasteiger partial charge in [-0.3, -0.25) is 4.98 Å². The van der Waals surface area contributed by atoms with Crippen LogP contribution in [0.1, 0.15) is 5.56 Å². The van der Waals surface area contributed by atoms with E-state index in [0.717, 1.165) is 21.7 Å². The maximum atomic E-state index is 6.05. The summed E-state index contributed by atoms with van der Waals surface area (Å²) < 4.78 is 0. The van der Waals surface area contributed by atoms with Crippen molar-refractivity contribution in [1.82, 2.24) is 4.98 Å². The minimum atomic E-state index is 0.713. The molecule has 0 bridgehead atoms. The molecule has 0 saturated heterocycles. The maximum absolute atomic E-state index is 6.05. The van der Waals surface area contributed by atoms with Crippen LogP contribution in [0.15, 0.2) is 36.7 Å². The number of aromatic nitrogens is 1. The Kier molecular flexibility index (Phi) is 2.60. The topological polar surface area (TPSA) is 38.9 Å². The summed E-state index contributed by atoms with van der Waals surface area (Å²) >= 11 is 6.05. The highest BCUT2D eigenvalue weighted by Gasteiger charge is 2.03. The summed E-state index contributed by atoms with van der Waals surface area (Å²) in [5.41, 5.74) is 9.54. The lowest BCUT2D eigenvalue weighted by molar-refractivity contribution is 1.33. The summed E-state index contributed by atoms with van der Waals surface area (Å²) in [6.45, 7) is 1.97. The summed E-state index contributed by atoms with van der Waals surface area (Å²) in [4.78, 5) is 4.05. The van der Waals surface area contributed by atoms with E-state index in [0.29, 0.717) is 5.69 Å². The molecular formula is C12H11ClN2. The van der Waals surface area contributed by atoms with Gasteiger partial charge in [0.05, 0.1) is 0 Å². The number of benzene rings is 1. The number of rotatable bonds is 1. The van der Waals surface area contributed by atoms with E-state index in [1.54, 1.807) is 18.5 Å². The first-order valence-electron chi connectivity index (χ1n) is 4.64. The van der Waals surface area contributed by atoms with Gasteiger partial charge in [0.2, 0.25) is 0 Å². The Labute approximate surface area is 93.7 Å². The molecule has 3 heteroatoms. The van der Waals surface area contributed by atoms with Crippen molar-refractivity contribution in [2.75, 3.05) is 5.73 Å². The van der Waals surface area contributed by atoms with Gasteiger partial charge >= 0.3 is 0 Å². The van der Waals surface area contributed by atoms with Crippen molar-refractivity contribution in [1.29, 1.82) is 0 Å². The molecule has 15 heavy (non-hydrogen) atoms. The van der Waals surface area contributed by atoms with Gasteiger partial charge in [-0.25, -0.2) is 0 Å². The predicted molar refractivity (Wildman–Crippen MR) is 63.8 cm³/mol. The van der Waals surface area contributed by atoms with E-state index in [4.69, 9.17) is 17.3 Å². The van der Waals surface area contributed by atoms with E-state index in [2.05, 4.69) is 4.98 Å². The van der Waals surface area contributed by atoms with Crippen LogP contribution in [0.5, 0.6) is 0 Å². The van der Waals surface area contributed by atoms with Crippen molar-refractivity contribution in [3.05, 3.63) is 47.2 Å². The summed E-state index contributed by atoms with van der Waals surface area (Å²) in [6.07, 6.45) is 3.42. The maximum Gasteiger partial charge on any atom is 0.0441 e. The van der Waals surface area contributed by atoms with Crippen molar-refractivity contribution in [3.63, 3.8) is 0 Å². The van der Waals surface area contributed by atoms with Crippen LogP contribution < -0.4 is 5.73 Å². The first kappa shape index (κ1) is 9.99. The fourth-order valence-corrected chi connectivity index (χ4v) is 1.59. The molecule has 0 amide bonds. The highest BCUT2D eigenvalue weighted by molar-refractivity contribution is 6.31. The predicted octanol–water partition coefficient (Wildman–Crippen LogP) is 3.29. The number of hydrogen-bond acceptors (Lipinski definition) is 2. The normalized spacial score (nSPS) is 10.3. The highest BCUT2D eigenvalue weighted by Crippen LogP contribution is 2.28. The van der Waals surface area contributed by atoms with E-state index >= 15 is 0 Å². The lowest BCUT2D eigenvalue weighted by Crippen LogP contribution is -1.90. The van der Waals surface area contributed by atoms with Crippen LogP contribution in [-0.2, 0) is 0 Å². The number of nitrogen functional groups attached to an aromatic ring is 1. The third-order valence-electron chi connectivity index (χ3n) is 2.34. The third kappa shape index (κ3) is 1.95. The SMILES string of the molecule is Cc1ccc(-c2cnccc2N)cc1Cl. The minimum absolute atomic E-state index is 0.713. The van der Waals surface area contributed by atoms with Gasteiger partial charge in [0, 0.05) is 28.7 Å². The van der Waals surface area contributed by atoms with Crippen molar-refractivity contribution in [2.45, 2.75) is 6.92 Å². The van der Waals surface area contributed by atoms with Crippen LogP contribution in [0, 0.1) is 6.92 Å². The first-order valence-corrected chi connectivity index (χ1v) is 5.02. The Hall–Kier alpha value is -1.54. The lowest BCUT2D eigenvalue weighted by atomic mass is 10.0. The molecule has 0 spiro atoms. The van der Waals surface area contributed by atoms with Crippen LogP contribution in [0.3, 0.4) is 0 Å². The molecule has 2 aromatic rings. The number of pyridine rings is 1. The van der Waals surface area contributed by atoms with Gasteiger partial charge < -0.3 is 5.73 Å². The molecule has 1 aromatic carbocycles. The quantitative estimate of drug-likeness (QED) is 0.798. The second-order valence-electron chi connectivity index (χ2n) is 3.43. The monoisotopic (exact) mass is 218 g/mol. The second-order valence-corrected chi connectivity index (χ2v) is 3.83.